The number of hydrogen-bond acceptors (Lipinski definition) is 5. The summed E-state index contributed by atoms with van der Waals surface area (Å²) in [6.45, 7) is 5.94. The first-order valence-electron chi connectivity index (χ1n) is 8.70. The zero-order valence-electron chi connectivity index (χ0n) is 14.7. The van der Waals surface area contributed by atoms with Gasteiger partial charge in [0.1, 0.15) is 5.60 Å². The van der Waals surface area contributed by atoms with Crippen molar-refractivity contribution in [2.75, 3.05) is 6.79 Å². The number of esters is 1. The molecule has 1 saturated carbocycles. The fourth-order valence-electron chi connectivity index (χ4n) is 3.68. The molecule has 3 atom stereocenters. The maximum atomic E-state index is 12.2. The number of benzene rings is 1. The second kappa shape index (κ2) is 6.63. The third kappa shape index (κ3) is 3.83. The van der Waals surface area contributed by atoms with Gasteiger partial charge in [-0.1, -0.05) is 12.5 Å². The van der Waals surface area contributed by atoms with Crippen molar-refractivity contribution in [3.05, 3.63) is 23.8 Å². The molecule has 0 bridgehead atoms. The maximum Gasteiger partial charge on any atom is 0.306 e. The Labute approximate surface area is 143 Å². The lowest BCUT2D eigenvalue weighted by molar-refractivity contribution is -0.156. The Bertz CT molecular complexity index is 608. The second-order valence-corrected chi connectivity index (χ2v) is 7.78. The molecule has 1 aromatic rings. The molecule has 0 aromatic heterocycles. The van der Waals surface area contributed by atoms with E-state index in [1.54, 1.807) is 0 Å². The molecule has 0 amide bonds. The zero-order valence-corrected chi connectivity index (χ0v) is 14.7. The normalized spacial score (nSPS) is 26.2. The molecule has 5 heteroatoms. The second-order valence-electron chi connectivity index (χ2n) is 7.78. The van der Waals surface area contributed by atoms with E-state index < -0.39 is 5.60 Å². The highest BCUT2D eigenvalue weighted by Gasteiger charge is 2.34. The van der Waals surface area contributed by atoms with Gasteiger partial charge in [0.15, 0.2) is 11.5 Å². The minimum absolute atomic E-state index is 0.0494. The molecule has 5 nitrogen and oxygen atoms in total. The van der Waals surface area contributed by atoms with Crippen molar-refractivity contribution in [2.24, 2.45) is 11.7 Å². The minimum atomic E-state index is -0.452. The Morgan fingerprint density at radius 2 is 2.00 bits per heavy atom. The van der Waals surface area contributed by atoms with Gasteiger partial charge < -0.3 is 19.9 Å². The number of nitrogens with two attached hydrogens (primary N) is 1. The summed E-state index contributed by atoms with van der Waals surface area (Å²) in [5.74, 6) is 1.81. The molecule has 0 unspecified atom stereocenters. The summed E-state index contributed by atoms with van der Waals surface area (Å²) in [6, 6.07) is 5.99. The van der Waals surface area contributed by atoms with Crippen LogP contribution >= 0.6 is 0 Å². The molecule has 1 fully saturated rings. The molecule has 2 N–H and O–H groups in total. The highest BCUT2D eigenvalue weighted by molar-refractivity contribution is 5.70. The van der Waals surface area contributed by atoms with Crippen LogP contribution in [0.1, 0.15) is 57.9 Å². The topological polar surface area (TPSA) is 70.8 Å². The van der Waals surface area contributed by atoms with E-state index in [1.807, 2.05) is 32.9 Å². The summed E-state index contributed by atoms with van der Waals surface area (Å²) in [4.78, 5) is 12.2. The molecule has 0 spiro atoms. The van der Waals surface area contributed by atoms with Gasteiger partial charge in [0.2, 0.25) is 6.79 Å². The molecule has 1 aliphatic carbocycles. The summed E-state index contributed by atoms with van der Waals surface area (Å²) in [5.41, 5.74) is 7.25. The molecule has 1 heterocycles. The highest BCUT2D eigenvalue weighted by atomic mass is 16.7. The monoisotopic (exact) mass is 333 g/mol. The third-order valence-electron chi connectivity index (χ3n) is 4.77. The summed E-state index contributed by atoms with van der Waals surface area (Å²) in [5, 5.41) is 0. The van der Waals surface area contributed by atoms with E-state index in [2.05, 4.69) is 6.07 Å². The van der Waals surface area contributed by atoms with Gasteiger partial charge in [-0.2, -0.15) is 0 Å². The molecule has 132 valence electrons. The Morgan fingerprint density at radius 3 is 2.75 bits per heavy atom. The predicted molar refractivity (Wildman–Crippen MR) is 91.1 cm³/mol. The molecule has 1 aromatic carbocycles. The van der Waals surface area contributed by atoms with Crippen molar-refractivity contribution in [2.45, 2.75) is 64.0 Å². The van der Waals surface area contributed by atoms with Gasteiger partial charge >= 0.3 is 5.97 Å². The lowest BCUT2D eigenvalue weighted by atomic mass is 9.73. The first kappa shape index (κ1) is 17.1. The van der Waals surface area contributed by atoms with Crippen LogP contribution in [0.5, 0.6) is 11.5 Å². The minimum Gasteiger partial charge on any atom is -0.460 e. The van der Waals surface area contributed by atoms with Crippen molar-refractivity contribution in [3.8, 4) is 11.5 Å². The van der Waals surface area contributed by atoms with Gasteiger partial charge in [0.25, 0.3) is 0 Å². The smallest absolute Gasteiger partial charge is 0.306 e. The SMILES string of the molecule is CC(C)(C)OC(=O)C[C@@H]1CCC[C@@H](c2ccc3c(c2)OCO3)[C@@H]1N. The van der Waals surface area contributed by atoms with E-state index in [-0.39, 0.29) is 30.6 Å². The van der Waals surface area contributed by atoms with Crippen molar-refractivity contribution in [1.29, 1.82) is 0 Å². The van der Waals surface area contributed by atoms with Gasteiger partial charge in [-0.05, 0) is 63.1 Å². The van der Waals surface area contributed by atoms with Gasteiger partial charge in [-0.25, -0.2) is 0 Å². The predicted octanol–water partition coefficient (Wildman–Crippen LogP) is 3.36. The fourth-order valence-corrected chi connectivity index (χ4v) is 3.68. The summed E-state index contributed by atoms with van der Waals surface area (Å²) >= 11 is 0. The van der Waals surface area contributed by atoms with E-state index in [4.69, 9.17) is 19.9 Å². The van der Waals surface area contributed by atoms with Crippen LogP contribution < -0.4 is 15.2 Å². The van der Waals surface area contributed by atoms with Crippen LogP contribution in [0.3, 0.4) is 0 Å². The Hall–Kier alpha value is -1.75. The van der Waals surface area contributed by atoms with Crippen LogP contribution in [-0.2, 0) is 9.53 Å². The highest BCUT2D eigenvalue weighted by Crippen LogP contribution is 2.41. The van der Waals surface area contributed by atoms with Crippen LogP contribution in [0.15, 0.2) is 18.2 Å². The van der Waals surface area contributed by atoms with Crippen molar-refractivity contribution in [3.63, 3.8) is 0 Å². The first-order valence-corrected chi connectivity index (χ1v) is 8.70. The van der Waals surface area contributed by atoms with E-state index in [0.717, 1.165) is 30.8 Å². The molecular formula is C19H27NO4. The molecule has 24 heavy (non-hydrogen) atoms. The number of rotatable bonds is 3. The fraction of sp³-hybridized carbons (Fsp3) is 0.632. The molecule has 2 aliphatic rings. The largest absolute Gasteiger partial charge is 0.460 e. The van der Waals surface area contributed by atoms with E-state index in [9.17, 15) is 4.79 Å². The summed E-state index contributed by atoms with van der Waals surface area (Å²) in [6.07, 6.45) is 3.47. The van der Waals surface area contributed by atoms with E-state index in [1.165, 1.54) is 5.56 Å². The van der Waals surface area contributed by atoms with Crippen LogP contribution in [0.2, 0.25) is 0 Å². The first-order chi connectivity index (χ1) is 11.3. The van der Waals surface area contributed by atoms with E-state index in [0.29, 0.717) is 6.42 Å². The Morgan fingerprint density at radius 1 is 1.25 bits per heavy atom. The van der Waals surface area contributed by atoms with E-state index >= 15 is 0 Å². The number of carbonyl (C=O) groups excluding carboxylic acids is 1. The van der Waals surface area contributed by atoms with Gasteiger partial charge in [-0.15, -0.1) is 0 Å². The van der Waals surface area contributed by atoms with Crippen molar-refractivity contribution >= 4 is 5.97 Å². The molecule has 1 aliphatic heterocycles. The zero-order chi connectivity index (χ0) is 17.3. The number of fused-ring (bicyclic) bond motifs is 1. The molecule has 3 rings (SSSR count). The molecular weight excluding hydrogens is 306 g/mol. The van der Waals surface area contributed by atoms with Crippen molar-refractivity contribution in [1.82, 2.24) is 0 Å². The average molecular weight is 333 g/mol. The molecule has 0 radical (unpaired) electrons. The maximum absolute atomic E-state index is 12.2. The molecule has 0 saturated heterocycles. The Balaban J connectivity index is 1.68. The quantitative estimate of drug-likeness (QED) is 0.859. The lowest BCUT2D eigenvalue weighted by Crippen LogP contribution is -2.41. The van der Waals surface area contributed by atoms with Gasteiger partial charge in [0, 0.05) is 12.5 Å². The van der Waals surface area contributed by atoms with Gasteiger partial charge in [0.05, 0.1) is 0 Å². The van der Waals surface area contributed by atoms with Crippen LogP contribution in [0.4, 0.5) is 0 Å². The lowest BCUT2D eigenvalue weighted by Gasteiger charge is -2.36. The number of hydrogen-bond donors (Lipinski definition) is 1. The number of carbonyl (C=O) groups is 1. The third-order valence-corrected chi connectivity index (χ3v) is 4.77. The summed E-state index contributed by atoms with van der Waals surface area (Å²) in [7, 11) is 0. The average Bonchev–Trinajstić information content (AvgIpc) is 2.95. The van der Waals surface area contributed by atoms with Crippen LogP contribution in [-0.4, -0.2) is 24.4 Å². The van der Waals surface area contributed by atoms with Crippen LogP contribution in [0, 0.1) is 5.92 Å². The standard InChI is InChI=1S/C19H27NO4/c1-19(2,3)24-17(21)10-13-5-4-6-14(18(13)20)12-7-8-15-16(9-12)23-11-22-15/h7-9,13-14,18H,4-6,10-11,20H2,1-3H3/t13-,14-,18+/m0/s1. The van der Waals surface area contributed by atoms with Crippen LogP contribution in [0.25, 0.3) is 0 Å². The Kier molecular flexibility index (Phi) is 4.72. The van der Waals surface area contributed by atoms with Crippen molar-refractivity contribution < 1.29 is 19.0 Å². The number of ether oxygens (including phenoxy) is 3. The van der Waals surface area contributed by atoms with Gasteiger partial charge in [-0.3, -0.25) is 4.79 Å². The summed E-state index contributed by atoms with van der Waals surface area (Å²) < 4.78 is 16.3.